The molecule has 0 aliphatic carbocycles. The molecule has 11 heteroatoms. The third kappa shape index (κ3) is 4.64. The molecule has 0 bridgehead atoms. The highest BCUT2D eigenvalue weighted by atomic mass is 16.7. The van der Waals surface area contributed by atoms with Gasteiger partial charge in [-0.3, -0.25) is 4.79 Å². The monoisotopic (exact) mass is 367 g/mol. The molecule has 2 rings (SSSR count). The Labute approximate surface area is 143 Å². The zero-order valence-corrected chi connectivity index (χ0v) is 13.6. The van der Waals surface area contributed by atoms with Crippen molar-refractivity contribution in [1.29, 1.82) is 0 Å². The van der Waals surface area contributed by atoms with Gasteiger partial charge in [0.1, 0.15) is 36.6 Å². The van der Waals surface area contributed by atoms with Crippen molar-refractivity contribution in [1.82, 2.24) is 5.32 Å². The van der Waals surface area contributed by atoms with Crippen LogP contribution in [0.25, 0.3) is 0 Å². The summed E-state index contributed by atoms with van der Waals surface area (Å²) in [6, 6.07) is -1.16. The first-order chi connectivity index (χ1) is 11.8. The van der Waals surface area contributed by atoms with Gasteiger partial charge < -0.3 is 50.2 Å². The minimum Gasteiger partial charge on any atom is -0.394 e. The van der Waals surface area contributed by atoms with Crippen LogP contribution < -0.4 is 5.32 Å². The molecule has 25 heavy (non-hydrogen) atoms. The maximum atomic E-state index is 11.3. The number of carbonyl (C=O) groups excluding carboxylic acids is 1. The fourth-order valence-corrected chi connectivity index (χ4v) is 2.96. The van der Waals surface area contributed by atoms with Crippen LogP contribution >= 0.6 is 0 Å². The highest BCUT2D eigenvalue weighted by Crippen LogP contribution is 2.28. The van der Waals surface area contributed by atoms with Gasteiger partial charge in [-0.2, -0.15) is 0 Å². The molecule has 9 atom stereocenters. The molecule has 1 amide bonds. The lowest BCUT2D eigenvalue weighted by atomic mass is 9.96. The van der Waals surface area contributed by atoms with E-state index in [0.29, 0.717) is 0 Å². The van der Waals surface area contributed by atoms with Crippen LogP contribution in [0.1, 0.15) is 13.3 Å². The number of aliphatic hydroxyl groups is 6. The maximum Gasteiger partial charge on any atom is 0.217 e. The summed E-state index contributed by atoms with van der Waals surface area (Å²) in [5, 5.41) is 60.7. The van der Waals surface area contributed by atoms with Crippen molar-refractivity contribution >= 4 is 5.91 Å². The number of hydrogen-bond acceptors (Lipinski definition) is 10. The van der Waals surface area contributed by atoms with E-state index in [2.05, 4.69) is 5.32 Å². The molecule has 2 aliphatic rings. The zero-order chi connectivity index (χ0) is 18.7. The molecular weight excluding hydrogens is 342 g/mol. The quantitative estimate of drug-likeness (QED) is 0.252. The van der Waals surface area contributed by atoms with Crippen molar-refractivity contribution in [3.63, 3.8) is 0 Å². The highest BCUT2D eigenvalue weighted by Gasteiger charge is 2.48. The van der Waals surface area contributed by atoms with Crippen LogP contribution in [0.2, 0.25) is 0 Å². The van der Waals surface area contributed by atoms with E-state index in [-0.39, 0.29) is 6.42 Å². The van der Waals surface area contributed by atoms with Crippen LogP contribution in [0, 0.1) is 0 Å². The largest absolute Gasteiger partial charge is 0.394 e. The summed E-state index contributed by atoms with van der Waals surface area (Å²) in [6.45, 7) is 0.0374. The minimum atomic E-state index is -1.55. The van der Waals surface area contributed by atoms with Gasteiger partial charge in [0, 0.05) is 13.3 Å². The lowest BCUT2D eigenvalue weighted by Crippen LogP contribution is -2.66. The number of carbonyl (C=O) groups is 1. The second-order valence-electron chi connectivity index (χ2n) is 6.15. The van der Waals surface area contributed by atoms with Crippen LogP contribution in [0.5, 0.6) is 0 Å². The molecule has 11 nitrogen and oxygen atoms in total. The fourth-order valence-electron chi connectivity index (χ4n) is 2.96. The van der Waals surface area contributed by atoms with Gasteiger partial charge in [-0.1, -0.05) is 0 Å². The van der Waals surface area contributed by atoms with Crippen LogP contribution in [-0.4, -0.2) is 105 Å². The number of nitrogens with one attached hydrogen (secondary N) is 1. The summed E-state index contributed by atoms with van der Waals surface area (Å²) in [5.74, 6) is -0.510. The normalized spacial score (nSPS) is 45.2. The summed E-state index contributed by atoms with van der Waals surface area (Å²) in [6.07, 6.45) is -10.3. The Balaban J connectivity index is 2.14. The summed E-state index contributed by atoms with van der Waals surface area (Å²) >= 11 is 0. The molecule has 2 aliphatic heterocycles. The van der Waals surface area contributed by atoms with E-state index in [4.69, 9.17) is 14.2 Å². The number of rotatable bonds is 5. The first-order valence-corrected chi connectivity index (χ1v) is 7.96. The van der Waals surface area contributed by atoms with E-state index < -0.39 is 74.4 Å². The topological polar surface area (TPSA) is 178 Å². The van der Waals surface area contributed by atoms with E-state index in [1.54, 1.807) is 0 Å². The molecular formula is C14H25NO10. The molecule has 0 radical (unpaired) electrons. The molecule has 2 fully saturated rings. The average molecular weight is 367 g/mol. The minimum absolute atomic E-state index is 0.158. The first kappa shape index (κ1) is 20.4. The zero-order valence-electron chi connectivity index (χ0n) is 13.6. The Morgan fingerprint density at radius 1 is 1.08 bits per heavy atom. The second kappa shape index (κ2) is 8.66. The average Bonchev–Trinajstić information content (AvgIpc) is 2.56. The van der Waals surface area contributed by atoms with Crippen LogP contribution in [-0.2, 0) is 19.0 Å². The van der Waals surface area contributed by atoms with Crippen LogP contribution in [0.4, 0.5) is 0 Å². The van der Waals surface area contributed by atoms with E-state index in [1.807, 2.05) is 0 Å². The van der Waals surface area contributed by atoms with Gasteiger partial charge in [0.05, 0.1) is 19.3 Å². The lowest BCUT2D eigenvalue weighted by Gasteiger charge is -2.45. The smallest absolute Gasteiger partial charge is 0.217 e. The van der Waals surface area contributed by atoms with Crippen molar-refractivity contribution in [2.75, 3.05) is 13.2 Å². The fraction of sp³-hybridized carbons (Fsp3) is 0.929. The third-order valence-electron chi connectivity index (χ3n) is 4.27. The first-order valence-electron chi connectivity index (χ1n) is 7.96. The highest BCUT2D eigenvalue weighted by molar-refractivity contribution is 5.73. The molecule has 0 aromatic rings. The summed E-state index contributed by atoms with van der Waals surface area (Å²) in [5.41, 5.74) is 0. The number of hydrogen-bond donors (Lipinski definition) is 7. The Kier molecular flexibility index (Phi) is 7.08. The Hall–Kier alpha value is -0.890. The summed E-state index contributed by atoms with van der Waals surface area (Å²) in [7, 11) is 0. The van der Waals surface area contributed by atoms with Crippen molar-refractivity contribution in [2.45, 2.75) is 68.6 Å². The van der Waals surface area contributed by atoms with Crippen molar-refractivity contribution in [2.24, 2.45) is 0 Å². The Morgan fingerprint density at radius 2 is 1.68 bits per heavy atom. The van der Waals surface area contributed by atoms with Gasteiger partial charge in [0.15, 0.2) is 12.6 Å². The molecule has 2 saturated heterocycles. The molecule has 146 valence electrons. The third-order valence-corrected chi connectivity index (χ3v) is 4.27. The van der Waals surface area contributed by atoms with E-state index in [9.17, 15) is 35.4 Å². The molecule has 0 aromatic carbocycles. The molecule has 0 aromatic heterocycles. The second-order valence-corrected chi connectivity index (χ2v) is 6.15. The van der Waals surface area contributed by atoms with Gasteiger partial charge in [-0.15, -0.1) is 0 Å². The molecule has 0 saturated carbocycles. The summed E-state index contributed by atoms with van der Waals surface area (Å²) < 4.78 is 16.0. The molecule has 0 spiro atoms. The molecule has 7 N–H and O–H groups in total. The van der Waals surface area contributed by atoms with Gasteiger partial charge >= 0.3 is 0 Å². The SMILES string of the molecule is CC(=O)N[C@@H]1[C@@H](O[C@H]2C[C@@H](O)[C@@H](O)[C@@H](CO)O2)[C@@H](O)[C@@H](CO)O[C@@H]1O. The number of amides is 1. The Morgan fingerprint density at radius 3 is 2.24 bits per heavy atom. The standard InChI is InChI=1S/C14H25NO10/c1-5(18)15-10-13(12(21)8(4-17)24-14(10)22)25-9-2-6(19)11(20)7(3-16)23-9/h6-14,16-17,19-22H,2-4H2,1H3,(H,15,18)/t6-,7-,8-,9+,10-,11-,12+,13-,14+/m1/s1. The van der Waals surface area contributed by atoms with Crippen molar-refractivity contribution in [3.8, 4) is 0 Å². The number of aliphatic hydroxyl groups excluding tert-OH is 6. The molecule has 0 unspecified atom stereocenters. The van der Waals surface area contributed by atoms with E-state index in [1.165, 1.54) is 6.92 Å². The summed E-state index contributed by atoms with van der Waals surface area (Å²) in [4.78, 5) is 11.3. The van der Waals surface area contributed by atoms with Crippen LogP contribution in [0.3, 0.4) is 0 Å². The van der Waals surface area contributed by atoms with E-state index in [0.717, 1.165) is 0 Å². The van der Waals surface area contributed by atoms with Crippen molar-refractivity contribution in [3.05, 3.63) is 0 Å². The van der Waals surface area contributed by atoms with Gasteiger partial charge in [0.25, 0.3) is 0 Å². The number of ether oxygens (including phenoxy) is 3. The maximum absolute atomic E-state index is 11.3. The van der Waals surface area contributed by atoms with Gasteiger partial charge in [-0.05, 0) is 0 Å². The van der Waals surface area contributed by atoms with Gasteiger partial charge in [-0.25, -0.2) is 0 Å². The van der Waals surface area contributed by atoms with E-state index >= 15 is 0 Å². The Bertz CT molecular complexity index is 451. The van der Waals surface area contributed by atoms with Gasteiger partial charge in [0.2, 0.25) is 5.91 Å². The van der Waals surface area contributed by atoms with Crippen molar-refractivity contribution < 1.29 is 49.6 Å². The lowest BCUT2D eigenvalue weighted by molar-refractivity contribution is -0.317. The predicted octanol–water partition coefficient (Wildman–Crippen LogP) is -4.22. The predicted molar refractivity (Wildman–Crippen MR) is 78.8 cm³/mol. The van der Waals surface area contributed by atoms with Crippen LogP contribution in [0.15, 0.2) is 0 Å². The molecule has 2 heterocycles.